The Hall–Kier alpha value is -3.60. The zero-order chi connectivity index (χ0) is 19.4. The average Bonchev–Trinajstić information content (AvgIpc) is 2.62. The number of aryl methyl sites for hydroxylation is 2. The van der Waals surface area contributed by atoms with Gasteiger partial charge < -0.3 is 9.84 Å². The molecule has 0 unspecified atom stereocenters. The molecule has 1 amide bonds. The maximum absolute atomic E-state index is 12.1. The Morgan fingerprint density at radius 1 is 0.889 bits per heavy atom. The molecule has 3 aromatic rings. The lowest BCUT2D eigenvalue weighted by atomic mass is 9.94. The number of anilines is 1. The molecule has 0 radical (unpaired) electrons. The average molecular weight is 361 g/mol. The monoisotopic (exact) mass is 361 g/mol. The van der Waals surface area contributed by atoms with Crippen molar-refractivity contribution in [1.82, 2.24) is 0 Å². The third-order valence-corrected chi connectivity index (χ3v) is 4.13. The quantitative estimate of drug-likeness (QED) is 0.663. The van der Waals surface area contributed by atoms with Crippen molar-refractivity contribution >= 4 is 17.7 Å². The summed E-state index contributed by atoms with van der Waals surface area (Å²) < 4.78 is 5.24. The fraction of sp³-hybridized carbons (Fsp3) is 0.0909. The van der Waals surface area contributed by atoms with E-state index < -0.39 is 12.1 Å². The summed E-state index contributed by atoms with van der Waals surface area (Å²) in [7, 11) is 0. The molecule has 0 bridgehead atoms. The maximum atomic E-state index is 12.1. The number of nitrogens with one attached hydrogen (secondary N) is 1. The van der Waals surface area contributed by atoms with Gasteiger partial charge in [-0.25, -0.2) is 9.59 Å². The molecule has 0 heterocycles. The lowest BCUT2D eigenvalue weighted by molar-refractivity contribution is 0.0697. The number of aromatic carboxylic acids is 1. The smallest absolute Gasteiger partial charge is 0.417 e. The number of para-hydroxylation sites is 1. The molecule has 3 rings (SSSR count). The SMILES string of the molecule is Cc1cc(NC(=O)Oc2ccccc2)cc(C)c1-c1cccc(C(=O)O)c1. The van der Waals surface area contributed by atoms with Gasteiger partial charge in [0.1, 0.15) is 5.75 Å². The topological polar surface area (TPSA) is 75.6 Å². The van der Waals surface area contributed by atoms with Gasteiger partial charge in [-0.3, -0.25) is 5.32 Å². The molecule has 27 heavy (non-hydrogen) atoms. The fourth-order valence-corrected chi connectivity index (χ4v) is 3.04. The third-order valence-electron chi connectivity index (χ3n) is 4.13. The lowest BCUT2D eigenvalue weighted by Crippen LogP contribution is -2.17. The molecule has 0 aliphatic carbocycles. The number of hydrogen-bond donors (Lipinski definition) is 2. The fourth-order valence-electron chi connectivity index (χ4n) is 3.04. The van der Waals surface area contributed by atoms with Gasteiger partial charge in [-0.15, -0.1) is 0 Å². The van der Waals surface area contributed by atoms with E-state index in [0.717, 1.165) is 22.3 Å². The predicted octanol–water partition coefficient (Wildman–Crippen LogP) is 5.28. The van der Waals surface area contributed by atoms with Crippen LogP contribution in [0.15, 0.2) is 66.7 Å². The van der Waals surface area contributed by atoms with Crippen LogP contribution in [-0.4, -0.2) is 17.2 Å². The standard InChI is InChI=1S/C22H19NO4/c1-14-11-18(23-22(26)27-19-9-4-3-5-10-19)12-15(2)20(14)16-7-6-8-17(13-16)21(24)25/h3-13H,1-2H3,(H,23,26)(H,24,25). The first-order chi connectivity index (χ1) is 12.9. The number of amides is 1. The highest BCUT2D eigenvalue weighted by Gasteiger charge is 2.12. The first-order valence-corrected chi connectivity index (χ1v) is 8.43. The van der Waals surface area contributed by atoms with Crippen molar-refractivity contribution in [2.45, 2.75) is 13.8 Å². The van der Waals surface area contributed by atoms with Gasteiger partial charge in [0, 0.05) is 5.69 Å². The van der Waals surface area contributed by atoms with E-state index in [-0.39, 0.29) is 5.56 Å². The first kappa shape index (κ1) is 18.2. The highest BCUT2D eigenvalue weighted by atomic mass is 16.6. The molecule has 5 nitrogen and oxygen atoms in total. The number of ether oxygens (including phenoxy) is 1. The Bertz CT molecular complexity index is 973. The van der Waals surface area contributed by atoms with E-state index >= 15 is 0 Å². The van der Waals surface area contributed by atoms with E-state index in [9.17, 15) is 14.7 Å². The van der Waals surface area contributed by atoms with Crippen molar-refractivity contribution in [3.05, 3.63) is 83.4 Å². The summed E-state index contributed by atoms with van der Waals surface area (Å²) in [5.41, 5.74) is 4.47. The van der Waals surface area contributed by atoms with E-state index in [1.54, 1.807) is 42.5 Å². The molecule has 2 N–H and O–H groups in total. The number of rotatable bonds is 4. The summed E-state index contributed by atoms with van der Waals surface area (Å²) in [6.45, 7) is 3.84. The van der Waals surface area contributed by atoms with E-state index in [1.165, 1.54) is 0 Å². The predicted molar refractivity (Wildman–Crippen MR) is 104 cm³/mol. The largest absolute Gasteiger partial charge is 0.478 e. The van der Waals surface area contributed by atoms with Crippen LogP contribution in [0.5, 0.6) is 5.75 Å². The second-order valence-corrected chi connectivity index (χ2v) is 6.20. The summed E-state index contributed by atoms with van der Waals surface area (Å²) in [6.07, 6.45) is -0.569. The van der Waals surface area contributed by atoms with Crippen molar-refractivity contribution in [3.8, 4) is 16.9 Å². The molecule has 136 valence electrons. The summed E-state index contributed by atoms with van der Waals surface area (Å²) in [4.78, 5) is 23.3. The number of carboxylic acids is 1. The molecular formula is C22H19NO4. The van der Waals surface area contributed by atoms with Gasteiger partial charge in [0.15, 0.2) is 0 Å². The summed E-state index contributed by atoms with van der Waals surface area (Å²) in [5, 5.41) is 11.9. The summed E-state index contributed by atoms with van der Waals surface area (Å²) in [5.74, 6) is -0.500. The van der Waals surface area contributed by atoms with Gasteiger partial charge in [0.25, 0.3) is 0 Å². The molecule has 0 fully saturated rings. The first-order valence-electron chi connectivity index (χ1n) is 8.43. The summed E-state index contributed by atoms with van der Waals surface area (Å²) >= 11 is 0. The van der Waals surface area contributed by atoms with Crippen LogP contribution in [0.4, 0.5) is 10.5 Å². The Labute approximate surface area is 157 Å². The van der Waals surface area contributed by atoms with E-state index in [2.05, 4.69) is 5.32 Å². The molecule has 0 saturated heterocycles. The van der Waals surface area contributed by atoms with E-state index in [0.29, 0.717) is 11.4 Å². The van der Waals surface area contributed by atoms with E-state index in [4.69, 9.17) is 4.74 Å². The van der Waals surface area contributed by atoms with Gasteiger partial charge in [0.2, 0.25) is 0 Å². The second-order valence-electron chi connectivity index (χ2n) is 6.20. The number of hydrogen-bond acceptors (Lipinski definition) is 3. The Morgan fingerprint density at radius 3 is 2.19 bits per heavy atom. The van der Waals surface area contributed by atoms with Gasteiger partial charge in [-0.05, 0) is 72.5 Å². The van der Waals surface area contributed by atoms with Crippen LogP contribution in [0, 0.1) is 13.8 Å². The number of carbonyl (C=O) groups is 2. The molecule has 0 saturated carbocycles. The lowest BCUT2D eigenvalue weighted by Gasteiger charge is -2.14. The molecule has 3 aromatic carbocycles. The van der Waals surface area contributed by atoms with Gasteiger partial charge >= 0.3 is 12.1 Å². The normalized spacial score (nSPS) is 10.3. The van der Waals surface area contributed by atoms with Crippen molar-refractivity contribution < 1.29 is 19.4 Å². The Morgan fingerprint density at radius 2 is 1.56 bits per heavy atom. The molecule has 0 aliphatic rings. The van der Waals surface area contributed by atoms with Crippen LogP contribution in [0.3, 0.4) is 0 Å². The number of benzene rings is 3. The van der Waals surface area contributed by atoms with Gasteiger partial charge in [0.05, 0.1) is 5.56 Å². The number of carbonyl (C=O) groups excluding carboxylic acids is 1. The zero-order valence-corrected chi connectivity index (χ0v) is 15.0. The zero-order valence-electron chi connectivity index (χ0n) is 15.0. The Kier molecular flexibility index (Phi) is 5.22. The van der Waals surface area contributed by atoms with Crippen molar-refractivity contribution in [3.63, 3.8) is 0 Å². The molecule has 0 aliphatic heterocycles. The molecule has 5 heteroatoms. The van der Waals surface area contributed by atoms with Gasteiger partial charge in [-0.1, -0.05) is 30.3 Å². The Balaban J connectivity index is 1.84. The van der Waals surface area contributed by atoms with Crippen molar-refractivity contribution in [2.75, 3.05) is 5.32 Å². The number of carboxylic acid groups (broad SMARTS) is 1. The van der Waals surface area contributed by atoms with Crippen LogP contribution in [0.25, 0.3) is 11.1 Å². The highest BCUT2D eigenvalue weighted by molar-refractivity contribution is 5.91. The minimum Gasteiger partial charge on any atom is -0.478 e. The van der Waals surface area contributed by atoms with Crippen LogP contribution < -0.4 is 10.1 Å². The minimum absolute atomic E-state index is 0.236. The van der Waals surface area contributed by atoms with Crippen LogP contribution in [0.2, 0.25) is 0 Å². The highest BCUT2D eigenvalue weighted by Crippen LogP contribution is 2.30. The summed E-state index contributed by atoms with van der Waals surface area (Å²) in [6, 6.07) is 19.3. The van der Waals surface area contributed by atoms with Crippen LogP contribution in [-0.2, 0) is 0 Å². The molecule has 0 atom stereocenters. The van der Waals surface area contributed by atoms with Crippen molar-refractivity contribution in [2.24, 2.45) is 0 Å². The van der Waals surface area contributed by atoms with Gasteiger partial charge in [-0.2, -0.15) is 0 Å². The van der Waals surface area contributed by atoms with Crippen LogP contribution in [0.1, 0.15) is 21.5 Å². The molecular weight excluding hydrogens is 342 g/mol. The molecule has 0 aromatic heterocycles. The van der Waals surface area contributed by atoms with Crippen LogP contribution >= 0.6 is 0 Å². The minimum atomic E-state index is -0.964. The maximum Gasteiger partial charge on any atom is 0.417 e. The third kappa shape index (κ3) is 4.33. The second kappa shape index (κ2) is 7.74. The molecule has 0 spiro atoms. The van der Waals surface area contributed by atoms with E-state index in [1.807, 2.05) is 38.1 Å². The van der Waals surface area contributed by atoms with Crippen molar-refractivity contribution in [1.29, 1.82) is 0 Å².